The first-order valence-corrected chi connectivity index (χ1v) is 7.06. The molecule has 0 unspecified atom stereocenters. The van der Waals surface area contributed by atoms with E-state index in [-0.39, 0.29) is 0 Å². The Labute approximate surface area is 122 Å². The van der Waals surface area contributed by atoms with Crippen LogP contribution in [0.15, 0.2) is 33.6 Å². The molecule has 3 heterocycles. The highest BCUT2D eigenvalue weighted by Crippen LogP contribution is 2.20. The number of fused-ring (bicyclic) bond motifs is 1. The summed E-state index contributed by atoms with van der Waals surface area (Å²) in [4.78, 5) is 8.99. The first-order valence-electron chi connectivity index (χ1n) is 5.74. The summed E-state index contributed by atoms with van der Waals surface area (Å²) in [6.45, 7) is 0.577. The molecule has 0 N–H and O–H groups in total. The quantitative estimate of drug-likeness (QED) is 0.685. The summed E-state index contributed by atoms with van der Waals surface area (Å²) in [6.07, 6.45) is 4.00. The standard InChI is InChI=1S/C12H10BrClN4O/c13-8-5-10-12(15-6-8)18(11(16-10)1-3-14)7-9-2-4-19-17-9/h2,4-6H,1,3,7H2. The van der Waals surface area contributed by atoms with E-state index >= 15 is 0 Å². The second kappa shape index (κ2) is 5.30. The van der Waals surface area contributed by atoms with E-state index in [4.69, 9.17) is 16.1 Å². The predicted octanol–water partition coefficient (Wildman–Crippen LogP) is 3.01. The summed E-state index contributed by atoms with van der Waals surface area (Å²) in [7, 11) is 0. The van der Waals surface area contributed by atoms with Crippen LogP contribution in [0, 0.1) is 0 Å². The van der Waals surface area contributed by atoms with Gasteiger partial charge in [0.25, 0.3) is 0 Å². The number of pyridine rings is 1. The van der Waals surface area contributed by atoms with Gasteiger partial charge < -0.3 is 9.09 Å². The number of imidazole rings is 1. The minimum atomic E-state index is 0.517. The third-order valence-corrected chi connectivity index (χ3v) is 3.38. The molecule has 0 amide bonds. The molecule has 3 aromatic rings. The Morgan fingerprint density at radius 1 is 1.42 bits per heavy atom. The van der Waals surface area contributed by atoms with Crippen LogP contribution in [0.25, 0.3) is 11.2 Å². The molecule has 0 fully saturated rings. The number of rotatable bonds is 4. The molecule has 3 rings (SSSR count). The normalized spacial score (nSPS) is 11.3. The minimum Gasteiger partial charge on any atom is -0.364 e. The Morgan fingerprint density at radius 3 is 3.05 bits per heavy atom. The van der Waals surface area contributed by atoms with Gasteiger partial charge in [-0.25, -0.2) is 9.97 Å². The van der Waals surface area contributed by atoms with Gasteiger partial charge >= 0.3 is 0 Å². The van der Waals surface area contributed by atoms with Crippen LogP contribution in [0.3, 0.4) is 0 Å². The first-order chi connectivity index (χ1) is 9.28. The Bertz CT molecular complexity index is 695. The van der Waals surface area contributed by atoms with Gasteiger partial charge in [-0.05, 0) is 22.0 Å². The number of hydrogen-bond acceptors (Lipinski definition) is 4. The number of hydrogen-bond donors (Lipinski definition) is 0. The van der Waals surface area contributed by atoms with E-state index in [0.29, 0.717) is 18.8 Å². The second-order valence-corrected chi connectivity index (χ2v) is 5.33. The molecular formula is C12H10BrClN4O. The Morgan fingerprint density at radius 2 is 2.32 bits per heavy atom. The molecule has 19 heavy (non-hydrogen) atoms. The molecule has 0 saturated carbocycles. The van der Waals surface area contributed by atoms with Crippen molar-refractivity contribution in [1.29, 1.82) is 0 Å². The van der Waals surface area contributed by atoms with Crippen molar-refractivity contribution in [2.24, 2.45) is 0 Å². The lowest BCUT2D eigenvalue weighted by atomic mass is 10.4. The fraction of sp³-hybridized carbons (Fsp3) is 0.250. The smallest absolute Gasteiger partial charge is 0.160 e. The molecule has 0 atom stereocenters. The van der Waals surface area contributed by atoms with Crippen LogP contribution in [-0.4, -0.2) is 25.6 Å². The van der Waals surface area contributed by atoms with Crippen LogP contribution < -0.4 is 0 Å². The molecule has 5 nitrogen and oxygen atoms in total. The van der Waals surface area contributed by atoms with Crippen LogP contribution >= 0.6 is 27.5 Å². The number of nitrogens with zero attached hydrogens (tertiary/aromatic N) is 4. The zero-order valence-electron chi connectivity index (χ0n) is 9.88. The number of alkyl halides is 1. The van der Waals surface area contributed by atoms with Crippen molar-refractivity contribution in [3.05, 3.63) is 40.6 Å². The van der Waals surface area contributed by atoms with Gasteiger partial charge in [0.2, 0.25) is 0 Å². The fourth-order valence-corrected chi connectivity index (χ4v) is 2.44. The summed E-state index contributed by atoms with van der Waals surface area (Å²) >= 11 is 9.23. The van der Waals surface area contributed by atoms with Crippen molar-refractivity contribution in [3.63, 3.8) is 0 Å². The molecular weight excluding hydrogens is 332 g/mol. The van der Waals surface area contributed by atoms with E-state index in [1.165, 1.54) is 0 Å². The molecule has 7 heteroatoms. The van der Waals surface area contributed by atoms with E-state index in [1.54, 1.807) is 12.5 Å². The van der Waals surface area contributed by atoms with E-state index in [9.17, 15) is 0 Å². The van der Waals surface area contributed by atoms with Crippen LogP contribution in [0.1, 0.15) is 11.5 Å². The summed E-state index contributed by atoms with van der Waals surface area (Å²) in [5.41, 5.74) is 2.50. The summed E-state index contributed by atoms with van der Waals surface area (Å²) < 4.78 is 7.78. The number of aryl methyl sites for hydroxylation is 1. The van der Waals surface area contributed by atoms with Gasteiger partial charge in [0.15, 0.2) is 5.65 Å². The molecule has 0 radical (unpaired) electrons. The molecule has 0 saturated heterocycles. The van der Waals surface area contributed by atoms with E-state index in [2.05, 4.69) is 31.1 Å². The Hall–Kier alpha value is -1.40. The molecule has 3 aromatic heterocycles. The topological polar surface area (TPSA) is 56.7 Å². The van der Waals surface area contributed by atoms with Gasteiger partial charge in [0.05, 0.1) is 6.54 Å². The average molecular weight is 342 g/mol. The highest BCUT2D eigenvalue weighted by atomic mass is 79.9. The molecule has 0 aliphatic rings. The third kappa shape index (κ3) is 2.50. The molecule has 0 aromatic carbocycles. The van der Waals surface area contributed by atoms with Crippen molar-refractivity contribution >= 4 is 38.7 Å². The highest BCUT2D eigenvalue weighted by Gasteiger charge is 2.13. The molecule has 0 bridgehead atoms. The van der Waals surface area contributed by atoms with Gasteiger partial charge in [0, 0.05) is 29.0 Å². The second-order valence-electron chi connectivity index (χ2n) is 4.04. The monoisotopic (exact) mass is 340 g/mol. The SMILES string of the molecule is ClCCc1nc2cc(Br)cnc2n1Cc1ccon1. The van der Waals surface area contributed by atoms with Gasteiger partial charge in [-0.1, -0.05) is 5.16 Å². The van der Waals surface area contributed by atoms with E-state index in [0.717, 1.165) is 27.2 Å². The maximum Gasteiger partial charge on any atom is 0.160 e. The molecule has 0 aliphatic carbocycles. The molecule has 0 aliphatic heterocycles. The zero-order valence-corrected chi connectivity index (χ0v) is 12.2. The first kappa shape index (κ1) is 12.6. The minimum absolute atomic E-state index is 0.517. The summed E-state index contributed by atoms with van der Waals surface area (Å²) in [5.74, 6) is 1.42. The number of aromatic nitrogens is 4. The molecule has 98 valence electrons. The van der Waals surface area contributed by atoms with Gasteiger partial charge in [0.1, 0.15) is 23.3 Å². The lowest BCUT2D eigenvalue weighted by Gasteiger charge is -2.05. The zero-order chi connectivity index (χ0) is 13.2. The van der Waals surface area contributed by atoms with E-state index in [1.807, 2.05) is 16.7 Å². The van der Waals surface area contributed by atoms with Crippen molar-refractivity contribution < 1.29 is 4.52 Å². The van der Waals surface area contributed by atoms with Crippen LogP contribution in [0.2, 0.25) is 0 Å². The maximum atomic E-state index is 5.83. The summed E-state index contributed by atoms with van der Waals surface area (Å²) in [6, 6.07) is 3.77. The van der Waals surface area contributed by atoms with E-state index < -0.39 is 0 Å². The van der Waals surface area contributed by atoms with Crippen LogP contribution in [0.5, 0.6) is 0 Å². The largest absolute Gasteiger partial charge is 0.364 e. The van der Waals surface area contributed by atoms with Gasteiger partial charge in [-0.15, -0.1) is 11.6 Å². The van der Waals surface area contributed by atoms with Crippen LogP contribution in [0.4, 0.5) is 0 Å². The van der Waals surface area contributed by atoms with Gasteiger partial charge in [-0.2, -0.15) is 0 Å². The average Bonchev–Trinajstić information content (AvgIpc) is 2.99. The van der Waals surface area contributed by atoms with Gasteiger partial charge in [-0.3, -0.25) is 0 Å². The maximum absolute atomic E-state index is 5.83. The Balaban J connectivity index is 2.10. The fourth-order valence-electron chi connectivity index (χ4n) is 1.96. The third-order valence-electron chi connectivity index (χ3n) is 2.76. The highest BCUT2D eigenvalue weighted by molar-refractivity contribution is 9.10. The summed E-state index contributed by atoms with van der Waals surface area (Å²) in [5, 5.41) is 3.92. The molecule has 0 spiro atoms. The Kier molecular flexibility index (Phi) is 3.52. The van der Waals surface area contributed by atoms with Crippen molar-refractivity contribution in [2.45, 2.75) is 13.0 Å². The lowest BCUT2D eigenvalue weighted by molar-refractivity contribution is 0.409. The van der Waals surface area contributed by atoms with Crippen molar-refractivity contribution in [3.8, 4) is 0 Å². The predicted molar refractivity (Wildman–Crippen MR) is 75.3 cm³/mol. The van der Waals surface area contributed by atoms with Crippen molar-refractivity contribution in [2.75, 3.05) is 5.88 Å². The lowest BCUT2D eigenvalue weighted by Crippen LogP contribution is -2.06. The van der Waals surface area contributed by atoms with Crippen molar-refractivity contribution in [1.82, 2.24) is 19.7 Å². The number of halogens is 2. The van der Waals surface area contributed by atoms with Crippen LogP contribution in [-0.2, 0) is 13.0 Å².